The number of likely N-dealkylation sites (tertiary alicyclic amines) is 1. The van der Waals surface area contributed by atoms with Gasteiger partial charge in [0.2, 0.25) is 11.8 Å². The van der Waals surface area contributed by atoms with Gasteiger partial charge in [-0.15, -0.1) is 0 Å². The lowest BCUT2D eigenvalue weighted by Crippen LogP contribution is -2.50. The van der Waals surface area contributed by atoms with Gasteiger partial charge in [0.25, 0.3) is 0 Å². The summed E-state index contributed by atoms with van der Waals surface area (Å²) in [5.41, 5.74) is 2.94. The number of nitrogens with one attached hydrogen (secondary N) is 1. The van der Waals surface area contributed by atoms with Crippen molar-refractivity contribution in [1.29, 1.82) is 0 Å². The number of carbonyl (C=O) groups excluding carboxylic acids is 2. The summed E-state index contributed by atoms with van der Waals surface area (Å²) in [5, 5.41) is 12.9. The molecule has 0 bridgehead atoms. The Labute approximate surface area is 191 Å². The fraction of sp³-hybridized carbons (Fsp3) is 0.692. The summed E-state index contributed by atoms with van der Waals surface area (Å²) in [6, 6.07) is 6.50. The molecular formula is C26H37N3O3. The van der Waals surface area contributed by atoms with Gasteiger partial charge in [-0.05, 0) is 88.5 Å². The second-order valence-electron chi connectivity index (χ2n) is 10.6. The monoisotopic (exact) mass is 439 g/mol. The van der Waals surface area contributed by atoms with E-state index in [0.29, 0.717) is 11.9 Å². The number of anilines is 2. The highest BCUT2D eigenvalue weighted by molar-refractivity contribution is 5.93. The van der Waals surface area contributed by atoms with Gasteiger partial charge in [-0.25, -0.2) is 0 Å². The minimum atomic E-state index is -0.266. The molecule has 2 N–H and O–H groups in total. The minimum absolute atomic E-state index is 0.146. The quantitative estimate of drug-likeness (QED) is 0.747. The number of aliphatic hydroxyl groups is 1. The van der Waals surface area contributed by atoms with Gasteiger partial charge >= 0.3 is 0 Å². The molecule has 2 aliphatic carbocycles. The molecule has 1 atom stereocenters. The number of rotatable bonds is 4. The zero-order chi connectivity index (χ0) is 22.3. The molecule has 4 aliphatic rings. The highest BCUT2D eigenvalue weighted by Crippen LogP contribution is 2.44. The first-order valence-corrected chi connectivity index (χ1v) is 12.6. The highest BCUT2D eigenvalue weighted by Gasteiger charge is 2.50. The van der Waals surface area contributed by atoms with Gasteiger partial charge in [0.15, 0.2) is 0 Å². The summed E-state index contributed by atoms with van der Waals surface area (Å²) < 4.78 is 0. The number of benzene rings is 1. The second-order valence-corrected chi connectivity index (χ2v) is 10.6. The lowest BCUT2D eigenvalue weighted by Gasteiger charge is -2.42. The zero-order valence-electron chi connectivity index (χ0n) is 19.3. The van der Waals surface area contributed by atoms with Gasteiger partial charge < -0.3 is 20.2 Å². The second kappa shape index (κ2) is 8.69. The van der Waals surface area contributed by atoms with Gasteiger partial charge in [-0.3, -0.25) is 9.59 Å². The molecule has 4 fully saturated rings. The van der Waals surface area contributed by atoms with Gasteiger partial charge in [0.1, 0.15) is 0 Å². The third-order valence-electron chi connectivity index (χ3n) is 8.51. The van der Waals surface area contributed by atoms with Crippen molar-refractivity contribution in [2.75, 3.05) is 29.9 Å². The van der Waals surface area contributed by atoms with E-state index < -0.39 is 0 Å². The van der Waals surface area contributed by atoms with Crippen LogP contribution in [0.1, 0.15) is 69.8 Å². The SMILES string of the molecule is Cc1cc(NC(=O)C2CCC2)ccc1N1CCC[C@]2(CCN([C@H]3CC[C@H](O)CC3)C2=O)C1. The van der Waals surface area contributed by atoms with E-state index in [1.807, 2.05) is 6.07 Å². The van der Waals surface area contributed by atoms with Crippen molar-refractivity contribution >= 4 is 23.2 Å². The van der Waals surface area contributed by atoms with E-state index in [-0.39, 0.29) is 23.3 Å². The fourth-order valence-corrected chi connectivity index (χ4v) is 6.28. The molecule has 2 amide bonds. The Hall–Kier alpha value is -2.08. The van der Waals surface area contributed by atoms with Crippen molar-refractivity contribution in [2.24, 2.45) is 11.3 Å². The molecule has 1 aromatic rings. The molecule has 2 saturated heterocycles. The van der Waals surface area contributed by atoms with Crippen molar-refractivity contribution in [3.63, 3.8) is 0 Å². The van der Waals surface area contributed by atoms with E-state index in [4.69, 9.17) is 0 Å². The molecule has 6 heteroatoms. The van der Waals surface area contributed by atoms with E-state index >= 15 is 0 Å². The largest absolute Gasteiger partial charge is 0.393 e. The number of amides is 2. The Morgan fingerprint density at radius 3 is 2.53 bits per heavy atom. The first-order valence-electron chi connectivity index (χ1n) is 12.6. The fourth-order valence-electron chi connectivity index (χ4n) is 6.28. The number of carbonyl (C=O) groups is 2. The van der Waals surface area contributed by atoms with E-state index in [0.717, 1.165) is 95.1 Å². The third-order valence-corrected chi connectivity index (χ3v) is 8.51. The normalized spacial score (nSPS) is 31.1. The Balaban J connectivity index is 1.26. The molecule has 0 radical (unpaired) electrons. The van der Waals surface area contributed by atoms with Gasteiger partial charge in [0, 0.05) is 43.0 Å². The number of hydrogen-bond donors (Lipinski definition) is 2. The van der Waals surface area contributed by atoms with Crippen LogP contribution in [0.25, 0.3) is 0 Å². The van der Waals surface area contributed by atoms with Crippen molar-refractivity contribution in [1.82, 2.24) is 4.90 Å². The van der Waals surface area contributed by atoms with Crippen molar-refractivity contribution < 1.29 is 14.7 Å². The van der Waals surface area contributed by atoms with Crippen molar-refractivity contribution in [3.05, 3.63) is 23.8 Å². The lowest BCUT2D eigenvalue weighted by molar-refractivity contribution is -0.139. The molecule has 2 aliphatic heterocycles. The van der Waals surface area contributed by atoms with Crippen LogP contribution in [0.15, 0.2) is 18.2 Å². The molecule has 32 heavy (non-hydrogen) atoms. The smallest absolute Gasteiger partial charge is 0.230 e. The summed E-state index contributed by atoms with van der Waals surface area (Å²) in [4.78, 5) is 30.4. The lowest BCUT2D eigenvalue weighted by atomic mass is 9.78. The van der Waals surface area contributed by atoms with Crippen LogP contribution in [0, 0.1) is 18.3 Å². The van der Waals surface area contributed by atoms with E-state index in [1.54, 1.807) is 0 Å². The number of piperidine rings is 1. The van der Waals surface area contributed by atoms with E-state index in [1.165, 1.54) is 5.69 Å². The molecule has 6 nitrogen and oxygen atoms in total. The topological polar surface area (TPSA) is 72.9 Å². The summed E-state index contributed by atoms with van der Waals surface area (Å²) in [7, 11) is 0. The van der Waals surface area contributed by atoms with E-state index in [2.05, 4.69) is 34.2 Å². The Morgan fingerprint density at radius 1 is 1.06 bits per heavy atom. The van der Waals surface area contributed by atoms with Crippen molar-refractivity contribution in [2.45, 2.75) is 83.3 Å². The summed E-state index contributed by atoms with van der Waals surface area (Å²) in [5.74, 6) is 0.665. The van der Waals surface area contributed by atoms with Crippen LogP contribution >= 0.6 is 0 Å². The first kappa shape index (κ1) is 21.7. The van der Waals surface area contributed by atoms with Crippen molar-refractivity contribution in [3.8, 4) is 0 Å². The molecule has 2 heterocycles. The number of hydrogen-bond acceptors (Lipinski definition) is 4. The average Bonchev–Trinajstić information content (AvgIpc) is 3.03. The molecule has 2 saturated carbocycles. The van der Waals surface area contributed by atoms with Crippen LogP contribution < -0.4 is 10.2 Å². The highest BCUT2D eigenvalue weighted by atomic mass is 16.3. The average molecular weight is 440 g/mol. The standard InChI is InChI=1S/C26H37N3O3/c1-18-16-20(27-24(31)19-4-2-5-19)6-11-23(18)28-14-3-12-26(17-28)13-15-29(25(26)32)21-7-9-22(30)10-8-21/h6,11,16,19,21-22,30H,2-5,7-10,12-15,17H2,1H3,(H,27,31)/t21-,22-,26-/m0/s1. The minimum Gasteiger partial charge on any atom is -0.393 e. The Kier molecular flexibility index (Phi) is 5.91. The summed E-state index contributed by atoms with van der Waals surface area (Å²) >= 11 is 0. The molecule has 174 valence electrons. The summed E-state index contributed by atoms with van der Waals surface area (Å²) in [6.45, 7) is 4.72. The molecule has 0 aromatic heterocycles. The van der Waals surface area contributed by atoms with Crippen LogP contribution in [0.5, 0.6) is 0 Å². The van der Waals surface area contributed by atoms with Crippen LogP contribution in [0.2, 0.25) is 0 Å². The zero-order valence-corrected chi connectivity index (χ0v) is 19.3. The summed E-state index contributed by atoms with van der Waals surface area (Å²) in [6.07, 6.45) is 9.42. The van der Waals surface area contributed by atoms with Gasteiger partial charge in [0.05, 0.1) is 11.5 Å². The maximum absolute atomic E-state index is 13.6. The molecule has 1 spiro atoms. The number of aryl methyl sites for hydroxylation is 1. The van der Waals surface area contributed by atoms with Crippen LogP contribution in [0.3, 0.4) is 0 Å². The Bertz CT molecular complexity index is 875. The Morgan fingerprint density at radius 2 is 1.84 bits per heavy atom. The molecule has 1 aromatic carbocycles. The molecular weight excluding hydrogens is 402 g/mol. The third kappa shape index (κ3) is 4.02. The number of nitrogens with zero attached hydrogens (tertiary/aromatic N) is 2. The van der Waals surface area contributed by atoms with E-state index in [9.17, 15) is 14.7 Å². The number of aliphatic hydroxyl groups excluding tert-OH is 1. The van der Waals surface area contributed by atoms with Gasteiger partial charge in [-0.2, -0.15) is 0 Å². The molecule has 5 rings (SSSR count). The predicted molar refractivity (Wildman–Crippen MR) is 126 cm³/mol. The van der Waals surface area contributed by atoms with Gasteiger partial charge in [-0.1, -0.05) is 6.42 Å². The maximum Gasteiger partial charge on any atom is 0.230 e. The van der Waals surface area contributed by atoms with Crippen LogP contribution in [0.4, 0.5) is 11.4 Å². The predicted octanol–water partition coefficient (Wildman–Crippen LogP) is 3.86. The maximum atomic E-state index is 13.6. The first-order chi connectivity index (χ1) is 15.4. The van der Waals surface area contributed by atoms with Crippen LogP contribution in [-0.2, 0) is 9.59 Å². The molecule has 0 unspecified atom stereocenters. The van der Waals surface area contributed by atoms with Crippen LogP contribution in [-0.4, -0.2) is 53.6 Å².